The molecule has 1 unspecified atom stereocenters. The Morgan fingerprint density at radius 2 is 2.04 bits per heavy atom. The summed E-state index contributed by atoms with van der Waals surface area (Å²) in [6.45, 7) is 0. The molecule has 3 aromatic rings. The minimum absolute atomic E-state index is 0.00909. The number of methoxy groups -OCH3 is 1. The van der Waals surface area contributed by atoms with E-state index in [9.17, 15) is 4.79 Å². The number of hydrogen-bond donors (Lipinski definition) is 0. The third-order valence-electron chi connectivity index (χ3n) is 4.34. The van der Waals surface area contributed by atoms with E-state index in [1.165, 1.54) is 0 Å². The van der Waals surface area contributed by atoms with E-state index in [1.54, 1.807) is 13.4 Å². The molecule has 0 saturated heterocycles. The number of ether oxygens (including phenoxy) is 1. The standard InChI is InChI=1S/C20H16O3/c1-22-15-9-6-14(7-10-15)17-12-23-18-11-8-13-4-2-3-5-16(13)19(18)20(17)21/h2-9,11-12,15H,10H2,1H3. The molecule has 0 saturated carbocycles. The van der Waals surface area contributed by atoms with Gasteiger partial charge in [0.15, 0.2) is 0 Å². The molecule has 1 aromatic heterocycles. The Morgan fingerprint density at radius 3 is 2.83 bits per heavy atom. The zero-order chi connectivity index (χ0) is 15.8. The van der Waals surface area contributed by atoms with E-state index < -0.39 is 0 Å². The number of hydrogen-bond acceptors (Lipinski definition) is 3. The molecule has 1 heterocycles. The summed E-state index contributed by atoms with van der Waals surface area (Å²) in [7, 11) is 1.68. The van der Waals surface area contributed by atoms with Crippen molar-refractivity contribution in [1.29, 1.82) is 0 Å². The van der Waals surface area contributed by atoms with Crippen molar-refractivity contribution in [2.24, 2.45) is 0 Å². The third-order valence-corrected chi connectivity index (χ3v) is 4.34. The lowest BCUT2D eigenvalue weighted by molar-refractivity contribution is 0.143. The highest BCUT2D eigenvalue weighted by molar-refractivity contribution is 6.06. The van der Waals surface area contributed by atoms with Gasteiger partial charge in [-0.25, -0.2) is 0 Å². The topological polar surface area (TPSA) is 39.4 Å². The first-order chi connectivity index (χ1) is 11.3. The first kappa shape index (κ1) is 14.0. The molecule has 0 aliphatic heterocycles. The van der Waals surface area contributed by atoms with Crippen molar-refractivity contribution in [1.82, 2.24) is 0 Å². The molecule has 0 bridgehead atoms. The van der Waals surface area contributed by atoms with Crippen molar-refractivity contribution in [3.05, 3.63) is 76.7 Å². The molecular weight excluding hydrogens is 288 g/mol. The quantitative estimate of drug-likeness (QED) is 0.662. The van der Waals surface area contributed by atoms with Crippen LogP contribution in [-0.4, -0.2) is 13.2 Å². The summed E-state index contributed by atoms with van der Waals surface area (Å²) >= 11 is 0. The lowest BCUT2D eigenvalue weighted by Crippen LogP contribution is -2.12. The molecular formula is C20H16O3. The molecule has 114 valence electrons. The van der Waals surface area contributed by atoms with Crippen LogP contribution in [0.15, 0.2) is 70.1 Å². The Balaban J connectivity index is 1.95. The first-order valence-corrected chi connectivity index (χ1v) is 7.63. The number of benzene rings is 2. The van der Waals surface area contributed by atoms with Gasteiger partial charge in [-0.05, 0) is 28.8 Å². The second-order valence-corrected chi connectivity index (χ2v) is 5.67. The summed E-state index contributed by atoms with van der Waals surface area (Å²) in [6.07, 6.45) is 8.32. The van der Waals surface area contributed by atoms with Gasteiger partial charge < -0.3 is 9.15 Å². The summed E-state index contributed by atoms with van der Waals surface area (Å²) in [4.78, 5) is 13.0. The van der Waals surface area contributed by atoms with Gasteiger partial charge in [-0.3, -0.25) is 4.79 Å². The van der Waals surface area contributed by atoms with E-state index in [0.717, 1.165) is 22.8 Å². The van der Waals surface area contributed by atoms with Crippen LogP contribution in [0.1, 0.15) is 12.0 Å². The summed E-state index contributed by atoms with van der Waals surface area (Å²) in [6, 6.07) is 11.7. The van der Waals surface area contributed by atoms with E-state index in [1.807, 2.05) is 54.6 Å². The predicted molar refractivity (Wildman–Crippen MR) is 92.5 cm³/mol. The number of fused-ring (bicyclic) bond motifs is 3. The van der Waals surface area contributed by atoms with Gasteiger partial charge in [-0.1, -0.05) is 48.6 Å². The maximum absolute atomic E-state index is 13.0. The zero-order valence-corrected chi connectivity index (χ0v) is 12.8. The van der Waals surface area contributed by atoms with Crippen LogP contribution < -0.4 is 5.43 Å². The largest absolute Gasteiger partial charge is 0.463 e. The Hall–Kier alpha value is -2.65. The maximum Gasteiger partial charge on any atom is 0.201 e. The van der Waals surface area contributed by atoms with Crippen LogP contribution in [-0.2, 0) is 4.74 Å². The van der Waals surface area contributed by atoms with Gasteiger partial charge in [0.2, 0.25) is 5.43 Å². The van der Waals surface area contributed by atoms with Crippen molar-refractivity contribution >= 4 is 27.3 Å². The molecule has 23 heavy (non-hydrogen) atoms. The molecule has 3 nitrogen and oxygen atoms in total. The van der Waals surface area contributed by atoms with Crippen molar-refractivity contribution in [3.63, 3.8) is 0 Å². The molecule has 0 fully saturated rings. The van der Waals surface area contributed by atoms with Crippen molar-refractivity contribution < 1.29 is 9.15 Å². The Bertz CT molecular complexity index is 1010. The second-order valence-electron chi connectivity index (χ2n) is 5.67. The van der Waals surface area contributed by atoms with Crippen LogP contribution in [0.3, 0.4) is 0 Å². The van der Waals surface area contributed by atoms with Crippen LogP contribution in [0.25, 0.3) is 27.3 Å². The molecule has 1 atom stereocenters. The number of rotatable bonds is 2. The molecule has 0 radical (unpaired) electrons. The second kappa shape index (κ2) is 5.52. The average Bonchev–Trinajstić information content (AvgIpc) is 2.62. The Morgan fingerprint density at radius 1 is 1.17 bits per heavy atom. The van der Waals surface area contributed by atoms with Crippen LogP contribution in [0.4, 0.5) is 0 Å². The van der Waals surface area contributed by atoms with Crippen LogP contribution >= 0.6 is 0 Å². The predicted octanol–water partition coefficient (Wildman–Crippen LogP) is 4.30. The molecule has 3 heteroatoms. The first-order valence-electron chi connectivity index (χ1n) is 7.63. The fourth-order valence-corrected chi connectivity index (χ4v) is 3.07. The van der Waals surface area contributed by atoms with Crippen molar-refractivity contribution in [3.8, 4) is 0 Å². The minimum Gasteiger partial charge on any atom is -0.463 e. The molecule has 2 aromatic carbocycles. The molecule has 1 aliphatic carbocycles. The van der Waals surface area contributed by atoms with Gasteiger partial charge in [0.05, 0.1) is 17.1 Å². The van der Waals surface area contributed by atoms with Crippen molar-refractivity contribution in [2.75, 3.05) is 7.11 Å². The Labute approximate surface area is 133 Å². The van der Waals surface area contributed by atoms with Gasteiger partial charge in [0.25, 0.3) is 0 Å². The number of allylic oxidation sites excluding steroid dienone is 2. The van der Waals surface area contributed by atoms with E-state index in [4.69, 9.17) is 9.15 Å². The minimum atomic E-state index is 0.00909. The molecule has 4 rings (SSSR count). The summed E-state index contributed by atoms with van der Waals surface area (Å²) in [5, 5.41) is 2.61. The molecule has 0 spiro atoms. The highest BCUT2D eigenvalue weighted by Crippen LogP contribution is 2.26. The van der Waals surface area contributed by atoms with Gasteiger partial charge >= 0.3 is 0 Å². The zero-order valence-electron chi connectivity index (χ0n) is 12.8. The van der Waals surface area contributed by atoms with E-state index >= 15 is 0 Å². The maximum atomic E-state index is 13.0. The van der Waals surface area contributed by atoms with E-state index in [-0.39, 0.29) is 11.5 Å². The summed E-state index contributed by atoms with van der Waals surface area (Å²) < 4.78 is 11.0. The molecule has 0 N–H and O–H groups in total. The molecule has 0 amide bonds. The Kier molecular flexibility index (Phi) is 3.36. The molecule has 1 aliphatic rings. The lowest BCUT2D eigenvalue weighted by atomic mass is 9.97. The van der Waals surface area contributed by atoms with Gasteiger partial charge in [0.1, 0.15) is 11.8 Å². The third kappa shape index (κ3) is 2.30. The van der Waals surface area contributed by atoms with Crippen LogP contribution in [0.5, 0.6) is 0 Å². The van der Waals surface area contributed by atoms with Gasteiger partial charge in [0, 0.05) is 7.11 Å². The summed E-state index contributed by atoms with van der Waals surface area (Å²) in [5.41, 5.74) is 2.11. The van der Waals surface area contributed by atoms with Gasteiger partial charge in [-0.15, -0.1) is 0 Å². The highest BCUT2D eigenvalue weighted by atomic mass is 16.5. The fraction of sp³-hybridized carbons (Fsp3) is 0.150. The summed E-state index contributed by atoms with van der Waals surface area (Å²) in [5.74, 6) is 0. The monoisotopic (exact) mass is 304 g/mol. The fourth-order valence-electron chi connectivity index (χ4n) is 3.07. The smallest absolute Gasteiger partial charge is 0.201 e. The van der Waals surface area contributed by atoms with E-state index in [0.29, 0.717) is 16.5 Å². The van der Waals surface area contributed by atoms with Gasteiger partial charge in [-0.2, -0.15) is 0 Å². The van der Waals surface area contributed by atoms with Crippen LogP contribution in [0.2, 0.25) is 0 Å². The average molecular weight is 304 g/mol. The highest BCUT2D eigenvalue weighted by Gasteiger charge is 2.15. The van der Waals surface area contributed by atoms with E-state index in [2.05, 4.69) is 0 Å². The van der Waals surface area contributed by atoms with Crippen LogP contribution in [0, 0.1) is 0 Å². The van der Waals surface area contributed by atoms with Crippen molar-refractivity contribution in [2.45, 2.75) is 12.5 Å². The SMILES string of the molecule is COC1C=CC(c2coc3ccc4ccccc4c3c2=O)=CC1. The normalized spacial score (nSPS) is 17.6. The lowest BCUT2D eigenvalue weighted by Gasteiger charge is -2.14.